The van der Waals surface area contributed by atoms with E-state index in [0.717, 1.165) is 41.6 Å². The van der Waals surface area contributed by atoms with Gasteiger partial charge in [-0.15, -0.1) is 10.2 Å². The number of aromatic nitrogens is 3. The summed E-state index contributed by atoms with van der Waals surface area (Å²) in [5, 5.41) is 10.6. The first-order chi connectivity index (χ1) is 9.74. The number of hydrogen-bond donors (Lipinski definition) is 0. The third-order valence-corrected chi connectivity index (χ3v) is 4.21. The van der Waals surface area contributed by atoms with Crippen LogP contribution in [-0.2, 0) is 4.74 Å². The van der Waals surface area contributed by atoms with Crippen LogP contribution in [0.2, 0.25) is 5.02 Å². The number of ether oxygens (including phenoxy) is 1. The van der Waals surface area contributed by atoms with Crippen LogP contribution in [0, 0.1) is 6.92 Å². The van der Waals surface area contributed by atoms with Crippen molar-refractivity contribution in [1.82, 2.24) is 14.6 Å². The highest BCUT2D eigenvalue weighted by Crippen LogP contribution is 2.29. The van der Waals surface area contributed by atoms with Gasteiger partial charge in [-0.3, -0.25) is 4.40 Å². The van der Waals surface area contributed by atoms with E-state index in [0.29, 0.717) is 5.92 Å². The second kappa shape index (κ2) is 4.43. The maximum Gasteiger partial charge on any atom is 0.161 e. The van der Waals surface area contributed by atoms with Crippen LogP contribution in [0.3, 0.4) is 0 Å². The van der Waals surface area contributed by atoms with Gasteiger partial charge in [0, 0.05) is 22.9 Å². The van der Waals surface area contributed by atoms with Gasteiger partial charge in [0.25, 0.3) is 0 Å². The topological polar surface area (TPSA) is 39.4 Å². The van der Waals surface area contributed by atoms with Crippen LogP contribution in [-0.4, -0.2) is 27.8 Å². The SMILES string of the molecule is Cc1cc2nnc(C3CCOC3)n2c2cc(Cl)ccc12. The normalized spacial score (nSPS) is 19.2. The fourth-order valence-corrected chi connectivity index (χ4v) is 3.11. The predicted molar refractivity (Wildman–Crippen MR) is 78.4 cm³/mol. The van der Waals surface area contributed by atoms with Gasteiger partial charge in [0.1, 0.15) is 5.82 Å². The molecule has 1 aliphatic rings. The third kappa shape index (κ3) is 1.72. The first-order valence-corrected chi connectivity index (χ1v) is 7.13. The number of aryl methyl sites for hydroxylation is 1. The van der Waals surface area contributed by atoms with Crippen molar-refractivity contribution in [1.29, 1.82) is 0 Å². The Morgan fingerprint density at radius 3 is 3.00 bits per heavy atom. The molecule has 4 rings (SSSR count). The number of halogens is 1. The minimum absolute atomic E-state index is 0.315. The lowest BCUT2D eigenvalue weighted by molar-refractivity contribution is 0.193. The summed E-state index contributed by atoms with van der Waals surface area (Å²) in [5.41, 5.74) is 3.13. The molecular weight excluding hydrogens is 274 g/mol. The molecule has 0 N–H and O–H groups in total. The van der Waals surface area contributed by atoms with Gasteiger partial charge in [-0.05, 0) is 37.1 Å². The van der Waals surface area contributed by atoms with E-state index >= 15 is 0 Å². The highest BCUT2D eigenvalue weighted by molar-refractivity contribution is 6.31. The summed E-state index contributed by atoms with van der Waals surface area (Å²) < 4.78 is 7.60. The molecule has 2 aromatic heterocycles. The Morgan fingerprint density at radius 1 is 1.30 bits per heavy atom. The third-order valence-electron chi connectivity index (χ3n) is 3.98. The first-order valence-electron chi connectivity index (χ1n) is 6.75. The van der Waals surface area contributed by atoms with Gasteiger partial charge in [-0.25, -0.2) is 0 Å². The van der Waals surface area contributed by atoms with Crippen LogP contribution in [0.4, 0.5) is 0 Å². The van der Waals surface area contributed by atoms with Crippen molar-refractivity contribution in [2.75, 3.05) is 13.2 Å². The molecule has 5 heteroatoms. The molecule has 0 saturated carbocycles. The minimum atomic E-state index is 0.315. The largest absolute Gasteiger partial charge is 0.381 e. The number of pyridine rings is 1. The molecular formula is C15H14ClN3O. The predicted octanol–water partition coefficient (Wildman–Crippen LogP) is 3.35. The summed E-state index contributed by atoms with van der Waals surface area (Å²) in [7, 11) is 0. The lowest BCUT2D eigenvalue weighted by atomic mass is 10.1. The first kappa shape index (κ1) is 12.1. The van der Waals surface area contributed by atoms with E-state index in [-0.39, 0.29) is 0 Å². The molecule has 102 valence electrons. The van der Waals surface area contributed by atoms with Crippen LogP contribution in [0.1, 0.15) is 23.7 Å². The van der Waals surface area contributed by atoms with E-state index in [2.05, 4.69) is 33.7 Å². The molecule has 1 atom stereocenters. The Hall–Kier alpha value is -1.65. The minimum Gasteiger partial charge on any atom is -0.381 e. The van der Waals surface area contributed by atoms with Crippen molar-refractivity contribution in [2.45, 2.75) is 19.3 Å². The van der Waals surface area contributed by atoms with Gasteiger partial charge in [0.2, 0.25) is 0 Å². The Balaban J connectivity index is 2.09. The summed E-state index contributed by atoms with van der Waals surface area (Å²) in [4.78, 5) is 0. The van der Waals surface area contributed by atoms with Crippen molar-refractivity contribution in [2.24, 2.45) is 0 Å². The maximum absolute atomic E-state index is 6.17. The van der Waals surface area contributed by atoms with Gasteiger partial charge in [-0.2, -0.15) is 0 Å². The van der Waals surface area contributed by atoms with Crippen LogP contribution >= 0.6 is 11.6 Å². The van der Waals surface area contributed by atoms with Crippen molar-refractivity contribution in [3.05, 3.63) is 40.7 Å². The van der Waals surface area contributed by atoms with Crippen LogP contribution in [0.5, 0.6) is 0 Å². The second-order valence-electron chi connectivity index (χ2n) is 5.30. The van der Waals surface area contributed by atoms with Gasteiger partial charge in [-0.1, -0.05) is 17.7 Å². The molecule has 1 aromatic carbocycles. The number of hydrogen-bond acceptors (Lipinski definition) is 3. The zero-order chi connectivity index (χ0) is 13.7. The lowest BCUT2D eigenvalue weighted by Gasteiger charge is -2.10. The van der Waals surface area contributed by atoms with Crippen molar-refractivity contribution in [3.8, 4) is 0 Å². The van der Waals surface area contributed by atoms with Crippen molar-refractivity contribution >= 4 is 28.2 Å². The van der Waals surface area contributed by atoms with E-state index in [1.807, 2.05) is 12.1 Å². The number of fused-ring (bicyclic) bond motifs is 3. The smallest absolute Gasteiger partial charge is 0.161 e. The molecule has 3 heterocycles. The quantitative estimate of drug-likeness (QED) is 0.689. The number of nitrogens with zero attached hydrogens (tertiary/aromatic N) is 3. The highest BCUT2D eigenvalue weighted by atomic mass is 35.5. The number of rotatable bonds is 1. The summed E-state index contributed by atoms with van der Waals surface area (Å²) in [6, 6.07) is 8.04. The van der Waals surface area contributed by atoms with Gasteiger partial charge < -0.3 is 4.74 Å². The summed E-state index contributed by atoms with van der Waals surface area (Å²) in [6.07, 6.45) is 0.997. The van der Waals surface area contributed by atoms with Crippen molar-refractivity contribution < 1.29 is 4.74 Å². The van der Waals surface area contributed by atoms with E-state index in [9.17, 15) is 0 Å². The average molecular weight is 288 g/mol. The molecule has 0 amide bonds. The lowest BCUT2D eigenvalue weighted by Crippen LogP contribution is -2.05. The average Bonchev–Trinajstić information content (AvgIpc) is 3.06. The molecule has 1 unspecified atom stereocenters. The highest BCUT2D eigenvalue weighted by Gasteiger charge is 2.24. The number of benzene rings is 1. The Bertz CT molecular complexity index is 806. The molecule has 0 radical (unpaired) electrons. The summed E-state index contributed by atoms with van der Waals surface area (Å²) >= 11 is 6.17. The summed E-state index contributed by atoms with van der Waals surface area (Å²) in [5.74, 6) is 1.29. The molecule has 20 heavy (non-hydrogen) atoms. The Morgan fingerprint density at radius 2 is 2.20 bits per heavy atom. The molecule has 3 aromatic rings. The monoisotopic (exact) mass is 287 g/mol. The van der Waals surface area contributed by atoms with Gasteiger partial charge in [0.05, 0.1) is 12.1 Å². The second-order valence-corrected chi connectivity index (χ2v) is 5.74. The van der Waals surface area contributed by atoms with E-state index < -0.39 is 0 Å². The molecule has 0 aliphatic carbocycles. The molecule has 1 aliphatic heterocycles. The van der Waals surface area contributed by atoms with E-state index in [1.54, 1.807) is 0 Å². The van der Waals surface area contributed by atoms with E-state index in [1.165, 1.54) is 10.9 Å². The Labute approximate surface area is 121 Å². The van der Waals surface area contributed by atoms with Gasteiger partial charge in [0.15, 0.2) is 5.65 Å². The van der Waals surface area contributed by atoms with Gasteiger partial charge >= 0.3 is 0 Å². The fourth-order valence-electron chi connectivity index (χ4n) is 2.95. The zero-order valence-corrected chi connectivity index (χ0v) is 11.9. The zero-order valence-electron chi connectivity index (χ0n) is 11.1. The van der Waals surface area contributed by atoms with E-state index in [4.69, 9.17) is 16.3 Å². The van der Waals surface area contributed by atoms with Crippen LogP contribution in [0.15, 0.2) is 24.3 Å². The maximum atomic E-state index is 6.17. The molecule has 1 saturated heterocycles. The van der Waals surface area contributed by atoms with Crippen LogP contribution < -0.4 is 0 Å². The van der Waals surface area contributed by atoms with Crippen LogP contribution in [0.25, 0.3) is 16.6 Å². The fraction of sp³-hybridized carbons (Fsp3) is 0.333. The standard InChI is InChI=1S/C15H14ClN3O/c1-9-6-14-17-18-15(10-4-5-20-8-10)19(14)13-7-11(16)2-3-12(9)13/h2-3,6-7,10H,4-5,8H2,1H3. The molecule has 0 bridgehead atoms. The summed E-state index contributed by atoms with van der Waals surface area (Å²) in [6.45, 7) is 3.60. The van der Waals surface area contributed by atoms with Crippen molar-refractivity contribution in [3.63, 3.8) is 0 Å². The Kier molecular flexibility index (Phi) is 2.69. The molecule has 1 fully saturated rings. The molecule has 0 spiro atoms. The molecule has 4 nitrogen and oxygen atoms in total.